The van der Waals surface area contributed by atoms with Gasteiger partial charge in [-0.05, 0) is 43.5 Å². The molecule has 8 nitrogen and oxygen atoms in total. The van der Waals surface area contributed by atoms with E-state index in [0.717, 1.165) is 36.3 Å². The van der Waals surface area contributed by atoms with Crippen LogP contribution in [0.3, 0.4) is 0 Å². The summed E-state index contributed by atoms with van der Waals surface area (Å²) in [4.78, 5) is 12.5. The lowest BCUT2D eigenvalue weighted by atomic mass is 10.1. The van der Waals surface area contributed by atoms with E-state index in [4.69, 9.17) is 14.2 Å². The normalized spacial score (nSPS) is 15.4. The summed E-state index contributed by atoms with van der Waals surface area (Å²) in [6, 6.07) is 13.6. The lowest BCUT2D eigenvalue weighted by molar-refractivity contribution is -0.119. The van der Waals surface area contributed by atoms with Crippen LogP contribution in [0.5, 0.6) is 11.5 Å². The topological polar surface area (TPSA) is 87.5 Å². The Morgan fingerprint density at radius 2 is 1.94 bits per heavy atom. The maximum atomic E-state index is 12.5. The predicted molar refractivity (Wildman–Crippen MR) is 127 cm³/mol. The molecule has 0 unspecified atom stereocenters. The second kappa shape index (κ2) is 10.7. The van der Waals surface area contributed by atoms with Gasteiger partial charge >= 0.3 is 0 Å². The number of para-hydroxylation sites is 1. The van der Waals surface area contributed by atoms with Crippen molar-refractivity contribution in [1.82, 2.24) is 20.1 Å². The average molecular weight is 469 g/mol. The fraction of sp³-hybridized carbons (Fsp3) is 0.375. The van der Waals surface area contributed by atoms with Crippen molar-refractivity contribution in [2.45, 2.75) is 31.0 Å². The molecule has 0 bridgehead atoms. The number of aryl methyl sites for hydroxylation is 1. The maximum absolute atomic E-state index is 12.5. The number of nitrogens with zero attached hydrogens (tertiary/aromatic N) is 3. The molecule has 3 aromatic rings. The van der Waals surface area contributed by atoms with E-state index in [1.807, 2.05) is 54.0 Å². The highest BCUT2D eigenvalue weighted by atomic mass is 32.2. The molecular weight excluding hydrogens is 440 g/mol. The van der Waals surface area contributed by atoms with Crippen molar-refractivity contribution in [3.05, 3.63) is 48.0 Å². The Balaban J connectivity index is 1.62. The van der Waals surface area contributed by atoms with E-state index in [1.54, 1.807) is 14.2 Å². The Morgan fingerprint density at radius 1 is 1.18 bits per heavy atom. The first-order valence-electron chi connectivity index (χ1n) is 10.8. The van der Waals surface area contributed by atoms with Crippen LogP contribution in [-0.4, -0.2) is 59.9 Å². The molecule has 2 heterocycles. The number of amides is 1. The lowest BCUT2D eigenvalue weighted by Crippen LogP contribution is -2.32. The van der Waals surface area contributed by atoms with Crippen LogP contribution in [0.2, 0.25) is 0 Å². The van der Waals surface area contributed by atoms with Gasteiger partial charge in [-0.3, -0.25) is 9.36 Å². The predicted octanol–water partition coefficient (Wildman–Crippen LogP) is 3.65. The van der Waals surface area contributed by atoms with Gasteiger partial charge in [-0.15, -0.1) is 10.2 Å². The molecule has 1 N–H and O–H groups in total. The fourth-order valence-electron chi connectivity index (χ4n) is 3.73. The number of rotatable bonds is 9. The third-order valence-corrected chi connectivity index (χ3v) is 6.41. The molecule has 33 heavy (non-hydrogen) atoms. The molecule has 0 spiro atoms. The van der Waals surface area contributed by atoms with Gasteiger partial charge < -0.3 is 19.5 Å². The highest BCUT2D eigenvalue weighted by molar-refractivity contribution is 7.99. The van der Waals surface area contributed by atoms with Gasteiger partial charge in [0.2, 0.25) is 5.91 Å². The van der Waals surface area contributed by atoms with Crippen LogP contribution in [-0.2, 0) is 9.53 Å². The van der Waals surface area contributed by atoms with Crippen LogP contribution in [0.15, 0.2) is 47.6 Å². The van der Waals surface area contributed by atoms with E-state index in [9.17, 15) is 4.79 Å². The number of hydrogen-bond donors (Lipinski definition) is 1. The van der Waals surface area contributed by atoms with E-state index < -0.39 is 0 Å². The number of hydrogen-bond acceptors (Lipinski definition) is 7. The Morgan fingerprint density at radius 3 is 2.61 bits per heavy atom. The summed E-state index contributed by atoms with van der Waals surface area (Å²) in [5.74, 6) is 2.14. The summed E-state index contributed by atoms with van der Waals surface area (Å²) in [6.07, 6.45) is 2.15. The van der Waals surface area contributed by atoms with Gasteiger partial charge in [0.25, 0.3) is 0 Å². The molecule has 1 aliphatic rings. The summed E-state index contributed by atoms with van der Waals surface area (Å²) in [6.45, 7) is 3.35. The Bertz CT molecular complexity index is 1090. The molecule has 0 aliphatic carbocycles. The van der Waals surface area contributed by atoms with Gasteiger partial charge in [-0.25, -0.2) is 0 Å². The van der Waals surface area contributed by atoms with Crippen LogP contribution in [0.4, 0.5) is 0 Å². The molecule has 1 aliphatic heterocycles. The Hall–Kier alpha value is -3.04. The number of benzene rings is 2. The molecule has 0 saturated carbocycles. The van der Waals surface area contributed by atoms with Gasteiger partial charge in [-0.1, -0.05) is 30.0 Å². The van der Waals surface area contributed by atoms with Gasteiger partial charge in [0, 0.05) is 24.8 Å². The molecule has 2 aromatic carbocycles. The van der Waals surface area contributed by atoms with Crippen molar-refractivity contribution in [3.8, 4) is 28.6 Å². The first kappa shape index (κ1) is 23.1. The summed E-state index contributed by atoms with van der Waals surface area (Å²) in [7, 11) is 3.22. The number of thioether (sulfide) groups is 1. The zero-order valence-electron chi connectivity index (χ0n) is 19.0. The first-order chi connectivity index (χ1) is 16.1. The smallest absolute Gasteiger partial charge is 0.230 e. The third kappa shape index (κ3) is 5.48. The van der Waals surface area contributed by atoms with Gasteiger partial charge in [0.05, 0.1) is 31.8 Å². The van der Waals surface area contributed by atoms with Gasteiger partial charge in [-0.2, -0.15) is 0 Å². The minimum absolute atomic E-state index is 0.0561. The standard InChI is InChI=1S/C24H28N4O4S/c1-16-7-4-5-9-21(16)28-23(17-11-19(30-2)13-20(12-17)31-3)26-27-24(28)33-15-22(29)25-14-18-8-6-10-32-18/h4-5,7,9,11-13,18H,6,8,10,14-15H2,1-3H3,(H,25,29)/t18-/m0/s1. The molecule has 174 valence electrons. The van der Waals surface area contributed by atoms with Gasteiger partial charge in [0.1, 0.15) is 11.5 Å². The van der Waals surface area contributed by atoms with Crippen LogP contribution >= 0.6 is 11.8 Å². The zero-order chi connectivity index (χ0) is 23.2. The van der Waals surface area contributed by atoms with E-state index in [-0.39, 0.29) is 17.8 Å². The van der Waals surface area contributed by atoms with E-state index in [2.05, 4.69) is 15.5 Å². The minimum Gasteiger partial charge on any atom is -0.497 e. The number of carbonyl (C=O) groups excluding carboxylic acids is 1. The molecule has 1 amide bonds. The molecular formula is C24H28N4O4S. The maximum Gasteiger partial charge on any atom is 0.230 e. The quantitative estimate of drug-likeness (QED) is 0.480. The largest absolute Gasteiger partial charge is 0.497 e. The summed E-state index contributed by atoms with van der Waals surface area (Å²) < 4.78 is 18.4. The van der Waals surface area contributed by atoms with E-state index in [1.165, 1.54) is 11.8 Å². The molecule has 9 heteroatoms. The minimum atomic E-state index is -0.0561. The average Bonchev–Trinajstić information content (AvgIpc) is 3.51. The molecule has 4 rings (SSSR count). The van der Waals surface area contributed by atoms with Crippen LogP contribution in [0.1, 0.15) is 18.4 Å². The number of aromatic nitrogens is 3. The number of carbonyl (C=O) groups is 1. The summed E-state index contributed by atoms with van der Waals surface area (Å²) in [5, 5.41) is 12.5. The molecule has 1 atom stereocenters. The fourth-order valence-corrected chi connectivity index (χ4v) is 4.51. The number of methoxy groups -OCH3 is 2. The summed E-state index contributed by atoms with van der Waals surface area (Å²) in [5.41, 5.74) is 2.82. The molecule has 1 aromatic heterocycles. The van der Waals surface area contributed by atoms with Crippen molar-refractivity contribution in [1.29, 1.82) is 0 Å². The van der Waals surface area contributed by atoms with Crippen LogP contribution in [0.25, 0.3) is 17.1 Å². The van der Waals surface area contributed by atoms with Crippen LogP contribution in [0, 0.1) is 6.92 Å². The Kier molecular flexibility index (Phi) is 7.51. The van der Waals surface area contributed by atoms with Crippen molar-refractivity contribution in [2.24, 2.45) is 0 Å². The van der Waals surface area contributed by atoms with E-state index >= 15 is 0 Å². The van der Waals surface area contributed by atoms with Crippen molar-refractivity contribution >= 4 is 17.7 Å². The number of nitrogens with one attached hydrogen (secondary N) is 1. The van der Waals surface area contributed by atoms with Crippen LogP contribution < -0.4 is 14.8 Å². The highest BCUT2D eigenvalue weighted by Crippen LogP contribution is 2.33. The molecule has 0 radical (unpaired) electrons. The van der Waals surface area contributed by atoms with Gasteiger partial charge in [0.15, 0.2) is 11.0 Å². The van der Waals surface area contributed by atoms with Crippen molar-refractivity contribution in [2.75, 3.05) is 33.1 Å². The second-order valence-electron chi connectivity index (χ2n) is 7.76. The lowest BCUT2D eigenvalue weighted by Gasteiger charge is -2.14. The van der Waals surface area contributed by atoms with Crippen molar-refractivity contribution < 1.29 is 19.0 Å². The number of ether oxygens (including phenoxy) is 3. The monoisotopic (exact) mass is 468 g/mol. The van der Waals surface area contributed by atoms with E-state index in [0.29, 0.717) is 29.0 Å². The zero-order valence-corrected chi connectivity index (χ0v) is 19.9. The molecule has 1 saturated heterocycles. The Labute approximate surface area is 197 Å². The van der Waals surface area contributed by atoms with Crippen molar-refractivity contribution in [3.63, 3.8) is 0 Å². The first-order valence-corrected chi connectivity index (χ1v) is 11.8. The summed E-state index contributed by atoms with van der Waals surface area (Å²) >= 11 is 1.35. The SMILES string of the molecule is COc1cc(OC)cc(-c2nnc(SCC(=O)NC[C@@H]3CCCO3)n2-c2ccccc2C)c1. The highest BCUT2D eigenvalue weighted by Gasteiger charge is 2.21. The third-order valence-electron chi connectivity index (χ3n) is 5.48. The second-order valence-corrected chi connectivity index (χ2v) is 8.70. The molecule has 1 fully saturated rings.